The number of rotatable bonds is 8. The van der Waals surface area contributed by atoms with Crippen LogP contribution in [0.2, 0.25) is 0 Å². The standard InChI is InChI=1S/C25H33N3O3/c1-7-28(8-2)23(29)17-31-22-15-11-19(12-16-22)18(3)26-27-24(30)20-9-13-21(14-10-20)25(4,5)6/h9-16H,7-8,17H2,1-6H3,(H,27,30)/b26-18-. The van der Waals surface area contributed by atoms with Gasteiger partial charge in [0.1, 0.15) is 5.75 Å². The predicted molar refractivity (Wildman–Crippen MR) is 125 cm³/mol. The number of carbonyl (C=O) groups excluding carboxylic acids is 2. The van der Waals surface area contributed by atoms with Crippen molar-refractivity contribution >= 4 is 17.5 Å². The van der Waals surface area contributed by atoms with Crippen LogP contribution in [0.1, 0.15) is 63.0 Å². The van der Waals surface area contributed by atoms with E-state index in [1.807, 2.05) is 57.2 Å². The van der Waals surface area contributed by atoms with E-state index in [4.69, 9.17) is 4.74 Å². The molecule has 0 fully saturated rings. The molecule has 0 heterocycles. The Balaban J connectivity index is 1.94. The monoisotopic (exact) mass is 423 g/mol. The molecule has 31 heavy (non-hydrogen) atoms. The van der Waals surface area contributed by atoms with Gasteiger partial charge in [0.25, 0.3) is 11.8 Å². The van der Waals surface area contributed by atoms with Crippen molar-refractivity contribution < 1.29 is 14.3 Å². The van der Waals surface area contributed by atoms with E-state index in [1.54, 1.807) is 17.0 Å². The average Bonchev–Trinajstić information content (AvgIpc) is 2.76. The summed E-state index contributed by atoms with van der Waals surface area (Å²) in [5.74, 6) is 0.319. The summed E-state index contributed by atoms with van der Waals surface area (Å²) < 4.78 is 5.58. The SMILES string of the molecule is CCN(CC)C(=O)COc1ccc(/C(C)=N\NC(=O)c2ccc(C(C)(C)C)cc2)cc1. The first-order valence-corrected chi connectivity index (χ1v) is 10.6. The molecule has 0 spiro atoms. The molecule has 0 radical (unpaired) electrons. The van der Waals surface area contributed by atoms with Crippen LogP contribution in [0.25, 0.3) is 0 Å². The van der Waals surface area contributed by atoms with Gasteiger partial charge in [-0.05, 0) is 73.7 Å². The van der Waals surface area contributed by atoms with Crippen LogP contribution in [-0.4, -0.2) is 42.1 Å². The van der Waals surface area contributed by atoms with Crippen molar-refractivity contribution in [2.45, 2.75) is 47.0 Å². The fourth-order valence-electron chi connectivity index (χ4n) is 2.99. The Morgan fingerprint density at radius 3 is 2.00 bits per heavy atom. The van der Waals surface area contributed by atoms with Crippen molar-refractivity contribution in [1.82, 2.24) is 10.3 Å². The highest BCUT2D eigenvalue weighted by Crippen LogP contribution is 2.22. The number of amides is 2. The van der Waals surface area contributed by atoms with E-state index in [2.05, 4.69) is 31.3 Å². The summed E-state index contributed by atoms with van der Waals surface area (Å²) in [6, 6.07) is 14.8. The van der Waals surface area contributed by atoms with E-state index in [1.165, 1.54) is 5.56 Å². The van der Waals surface area contributed by atoms with Crippen molar-refractivity contribution in [2.75, 3.05) is 19.7 Å². The third-order valence-electron chi connectivity index (χ3n) is 5.09. The zero-order valence-corrected chi connectivity index (χ0v) is 19.4. The molecular formula is C25H33N3O3. The van der Waals surface area contributed by atoms with E-state index in [9.17, 15) is 9.59 Å². The van der Waals surface area contributed by atoms with E-state index in [0.29, 0.717) is 30.1 Å². The summed E-state index contributed by atoms with van der Waals surface area (Å²) in [6.45, 7) is 13.5. The van der Waals surface area contributed by atoms with E-state index >= 15 is 0 Å². The minimum atomic E-state index is -0.255. The normalized spacial score (nSPS) is 11.7. The van der Waals surface area contributed by atoms with Gasteiger partial charge in [-0.25, -0.2) is 5.43 Å². The molecule has 0 aliphatic rings. The van der Waals surface area contributed by atoms with E-state index in [0.717, 1.165) is 5.56 Å². The molecule has 2 aromatic rings. The Hall–Kier alpha value is -3.15. The number of hydrazone groups is 1. The minimum absolute atomic E-state index is 0.0121. The highest BCUT2D eigenvalue weighted by molar-refractivity contribution is 6.00. The maximum atomic E-state index is 12.4. The maximum Gasteiger partial charge on any atom is 0.271 e. The number of benzene rings is 2. The molecule has 0 atom stereocenters. The first-order valence-electron chi connectivity index (χ1n) is 10.6. The van der Waals surface area contributed by atoms with E-state index in [-0.39, 0.29) is 23.8 Å². The van der Waals surface area contributed by atoms with Gasteiger partial charge in [0, 0.05) is 18.7 Å². The molecular weight excluding hydrogens is 390 g/mol. The van der Waals surface area contributed by atoms with Gasteiger partial charge in [-0.1, -0.05) is 32.9 Å². The predicted octanol–water partition coefficient (Wildman–Crippen LogP) is 4.39. The van der Waals surface area contributed by atoms with Gasteiger partial charge in [-0.2, -0.15) is 5.10 Å². The number of nitrogens with zero attached hydrogens (tertiary/aromatic N) is 2. The van der Waals surface area contributed by atoms with Crippen LogP contribution in [-0.2, 0) is 10.2 Å². The van der Waals surface area contributed by atoms with Gasteiger partial charge in [0.15, 0.2) is 6.61 Å². The highest BCUT2D eigenvalue weighted by Gasteiger charge is 2.14. The van der Waals surface area contributed by atoms with Gasteiger partial charge in [0.05, 0.1) is 5.71 Å². The fourth-order valence-corrected chi connectivity index (χ4v) is 2.99. The molecule has 2 aromatic carbocycles. The van der Waals surface area contributed by atoms with Crippen LogP contribution >= 0.6 is 0 Å². The summed E-state index contributed by atoms with van der Waals surface area (Å²) in [4.78, 5) is 26.1. The lowest BCUT2D eigenvalue weighted by Gasteiger charge is -2.18. The molecule has 6 nitrogen and oxygen atoms in total. The lowest BCUT2D eigenvalue weighted by Crippen LogP contribution is -2.34. The van der Waals surface area contributed by atoms with Gasteiger partial charge in [-0.3, -0.25) is 9.59 Å². The van der Waals surface area contributed by atoms with Crippen LogP contribution in [0.4, 0.5) is 0 Å². The number of nitrogens with one attached hydrogen (secondary N) is 1. The zero-order chi connectivity index (χ0) is 23.0. The third kappa shape index (κ3) is 6.95. The molecule has 0 saturated carbocycles. The Morgan fingerprint density at radius 1 is 0.935 bits per heavy atom. The molecule has 1 N–H and O–H groups in total. The molecule has 0 bridgehead atoms. The van der Waals surface area contributed by atoms with Gasteiger partial charge < -0.3 is 9.64 Å². The molecule has 6 heteroatoms. The summed E-state index contributed by atoms with van der Waals surface area (Å²) in [6.07, 6.45) is 0. The van der Waals surface area contributed by atoms with Gasteiger partial charge in [-0.15, -0.1) is 0 Å². The maximum absolute atomic E-state index is 12.4. The van der Waals surface area contributed by atoms with Crippen molar-refractivity contribution in [3.63, 3.8) is 0 Å². The van der Waals surface area contributed by atoms with E-state index < -0.39 is 0 Å². The molecule has 0 aliphatic heterocycles. The summed E-state index contributed by atoms with van der Waals surface area (Å²) in [5.41, 5.74) is 5.90. The van der Waals surface area contributed by atoms with Crippen LogP contribution in [0.5, 0.6) is 5.75 Å². The molecule has 0 aliphatic carbocycles. The topological polar surface area (TPSA) is 71.0 Å². The Bertz CT molecular complexity index is 907. The first kappa shape index (κ1) is 24.1. The Morgan fingerprint density at radius 2 is 1.48 bits per heavy atom. The fraction of sp³-hybridized carbons (Fsp3) is 0.400. The van der Waals surface area contributed by atoms with Gasteiger partial charge >= 0.3 is 0 Å². The van der Waals surface area contributed by atoms with Crippen LogP contribution in [0, 0.1) is 0 Å². The van der Waals surface area contributed by atoms with Gasteiger partial charge in [0.2, 0.25) is 0 Å². The van der Waals surface area contributed by atoms with Crippen molar-refractivity contribution in [3.8, 4) is 5.75 Å². The molecule has 0 saturated heterocycles. The molecule has 0 unspecified atom stereocenters. The summed E-state index contributed by atoms with van der Waals surface area (Å²) >= 11 is 0. The summed E-state index contributed by atoms with van der Waals surface area (Å²) in [5, 5.41) is 4.21. The van der Waals surface area contributed by atoms with Crippen LogP contribution in [0.15, 0.2) is 53.6 Å². The number of likely N-dealkylation sites (N-methyl/N-ethyl adjacent to an activating group) is 1. The second-order valence-electron chi connectivity index (χ2n) is 8.34. The Kier molecular flexibility index (Phi) is 8.37. The molecule has 2 amide bonds. The highest BCUT2D eigenvalue weighted by atomic mass is 16.5. The van der Waals surface area contributed by atoms with Crippen LogP contribution < -0.4 is 10.2 Å². The zero-order valence-electron chi connectivity index (χ0n) is 19.4. The summed E-state index contributed by atoms with van der Waals surface area (Å²) in [7, 11) is 0. The average molecular weight is 424 g/mol. The second-order valence-corrected chi connectivity index (χ2v) is 8.34. The largest absolute Gasteiger partial charge is 0.484 e. The molecule has 166 valence electrons. The third-order valence-corrected chi connectivity index (χ3v) is 5.09. The number of hydrogen-bond acceptors (Lipinski definition) is 4. The Labute approximate surface area is 185 Å². The van der Waals surface area contributed by atoms with Crippen LogP contribution in [0.3, 0.4) is 0 Å². The number of carbonyl (C=O) groups is 2. The quantitative estimate of drug-likeness (QED) is 0.506. The lowest BCUT2D eigenvalue weighted by molar-refractivity contribution is -0.132. The minimum Gasteiger partial charge on any atom is -0.484 e. The molecule has 2 rings (SSSR count). The second kappa shape index (κ2) is 10.8. The van der Waals surface area contributed by atoms with Crippen molar-refractivity contribution in [1.29, 1.82) is 0 Å². The molecule has 0 aromatic heterocycles. The smallest absolute Gasteiger partial charge is 0.271 e. The first-order chi connectivity index (χ1) is 14.7. The number of ether oxygens (including phenoxy) is 1. The van der Waals surface area contributed by atoms with Crippen molar-refractivity contribution in [2.24, 2.45) is 5.10 Å². The van der Waals surface area contributed by atoms with Crippen molar-refractivity contribution in [3.05, 3.63) is 65.2 Å². The number of hydrogen-bond donors (Lipinski definition) is 1. The lowest BCUT2D eigenvalue weighted by atomic mass is 9.87.